The van der Waals surface area contributed by atoms with E-state index in [4.69, 9.17) is 4.74 Å². The number of aromatic nitrogens is 2. The molecule has 1 aromatic carbocycles. The van der Waals surface area contributed by atoms with Gasteiger partial charge in [-0.2, -0.15) is 0 Å². The predicted molar refractivity (Wildman–Crippen MR) is 84.7 cm³/mol. The van der Waals surface area contributed by atoms with E-state index in [1.165, 1.54) is 5.56 Å². The number of para-hydroxylation sites is 1. The van der Waals surface area contributed by atoms with Crippen LogP contribution < -0.4 is 10.1 Å². The third kappa shape index (κ3) is 4.19. The SMILES string of the molecule is CCCNC(CSc1nncs1)c1ccccc1OC. The Morgan fingerprint density at radius 2 is 2.25 bits per heavy atom. The smallest absolute Gasteiger partial charge is 0.174 e. The molecule has 0 aliphatic heterocycles. The fourth-order valence-electron chi connectivity index (χ4n) is 1.91. The van der Waals surface area contributed by atoms with E-state index < -0.39 is 0 Å². The van der Waals surface area contributed by atoms with Crippen LogP contribution in [-0.4, -0.2) is 29.6 Å². The van der Waals surface area contributed by atoms with Crippen molar-refractivity contribution in [3.8, 4) is 5.75 Å². The van der Waals surface area contributed by atoms with Gasteiger partial charge in [0, 0.05) is 17.4 Å². The zero-order chi connectivity index (χ0) is 14.2. The molecule has 1 aromatic heterocycles. The van der Waals surface area contributed by atoms with Gasteiger partial charge in [0.05, 0.1) is 7.11 Å². The lowest BCUT2D eigenvalue weighted by molar-refractivity contribution is 0.402. The topological polar surface area (TPSA) is 47.0 Å². The van der Waals surface area contributed by atoms with E-state index in [1.807, 2.05) is 18.2 Å². The molecule has 0 radical (unpaired) electrons. The number of rotatable bonds is 8. The summed E-state index contributed by atoms with van der Waals surface area (Å²) in [6, 6.07) is 8.42. The highest BCUT2D eigenvalue weighted by Crippen LogP contribution is 2.30. The van der Waals surface area contributed by atoms with Gasteiger partial charge in [0.1, 0.15) is 11.3 Å². The molecule has 6 heteroatoms. The molecular formula is C14H19N3OS2. The molecule has 0 aliphatic carbocycles. The quantitative estimate of drug-likeness (QED) is 0.758. The molecule has 0 fully saturated rings. The molecule has 20 heavy (non-hydrogen) atoms. The Bertz CT molecular complexity index is 505. The lowest BCUT2D eigenvalue weighted by atomic mass is 10.1. The zero-order valence-corrected chi connectivity index (χ0v) is 13.3. The minimum absolute atomic E-state index is 0.250. The number of hydrogen-bond acceptors (Lipinski definition) is 6. The minimum Gasteiger partial charge on any atom is -0.496 e. The first-order valence-electron chi connectivity index (χ1n) is 6.60. The van der Waals surface area contributed by atoms with Crippen molar-refractivity contribution in [2.24, 2.45) is 0 Å². The third-order valence-electron chi connectivity index (χ3n) is 2.87. The van der Waals surface area contributed by atoms with Crippen LogP contribution in [0.2, 0.25) is 0 Å². The summed E-state index contributed by atoms with van der Waals surface area (Å²) in [5.74, 6) is 1.84. The highest BCUT2D eigenvalue weighted by molar-refractivity contribution is 8.01. The Kier molecular flexibility index (Phi) is 6.29. The lowest BCUT2D eigenvalue weighted by Gasteiger charge is -2.20. The van der Waals surface area contributed by atoms with Crippen molar-refractivity contribution in [3.05, 3.63) is 35.3 Å². The number of benzene rings is 1. The monoisotopic (exact) mass is 309 g/mol. The molecule has 0 amide bonds. The Balaban J connectivity index is 2.09. The van der Waals surface area contributed by atoms with E-state index in [9.17, 15) is 0 Å². The molecule has 0 spiro atoms. The second-order valence-electron chi connectivity index (χ2n) is 4.26. The standard InChI is InChI=1S/C14H19N3OS2/c1-3-8-15-12(9-19-14-17-16-10-20-14)11-6-4-5-7-13(11)18-2/h4-7,10,12,15H,3,8-9H2,1-2H3. The number of nitrogens with zero attached hydrogens (tertiary/aromatic N) is 2. The van der Waals surface area contributed by atoms with Crippen LogP contribution in [0.1, 0.15) is 24.9 Å². The first kappa shape index (κ1) is 15.3. The average molecular weight is 309 g/mol. The largest absolute Gasteiger partial charge is 0.496 e. The first-order valence-corrected chi connectivity index (χ1v) is 8.47. The van der Waals surface area contributed by atoms with Crippen LogP contribution in [0.4, 0.5) is 0 Å². The Morgan fingerprint density at radius 1 is 1.40 bits per heavy atom. The van der Waals surface area contributed by atoms with Crippen LogP contribution in [-0.2, 0) is 0 Å². The molecule has 2 aromatic rings. The molecule has 0 bridgehead atoms. The molecule has 108 valence electrons. The van der Waals surface area contributed by atoms with Gasteiger partial charge in [-0.1, -0.05) is 48.2 Å². The molecule has 0 aliphatic rings. The summed E-state index contributed by atoms with van der Waals surface area (Å²) in [5.41, 5.74) is 2.96. The van der Waals surface area contributed by atoms with Crippen LogP contribution >= 0.6 is 23.1 Å². The summed E-state index contributed by atoms with van der Waals surface area (Å²) >= 11 is 3.30. The van der Waals surface area contributed by atoms with Crippen LogP contribution in [0.5, 0.6) is 5.75 Å². The average Bonchev–Trinajstić information content (AvgIpc) is 3.01. The van der Waals surface area contributed by atoms with Crippen molar-refractivity contribution in [1.82, 2.24) is 15.5 Å². The molecule has 1 N–H and O–H groups in total. The van der Waals surface area contributed by atoms with Crippen molar-refractivity contribution in [1.29, 1.82) is 0 Å². The highest BCUT2D eigenvalue weighted by Gasteiger charge is 2.16. The van der Waals surface area contributed by atoms with Crippen LogP contribution in [0.25, 0.3) is 0 Å². The van der Waals surface area contributed by atoms with Crippen molar-refractivity contribution in [2.45, 2.75) is 23.7 Å². The van der Waals surface area contributed by atoms with Gasteiger partial charge >= 0.3 is 0 Å². The van der Waals surface area contributed by atoms with E-state index in [1.54, 1.807) is 35.7 Å². The Labute approximate surface area is 128 Å². The zero-order valence-electron chi connectivity index (χ0n) is 11.7. The highest BCUT2D eigenvalue weighted by atomic mass is 32.2. The fourth-order valence-corrected chi connectivity index (χ4v) is 3.51. The van der Waals surface area contributed by atoms with E-state index in [0.717, 1.165) is 28.8 Å². The molecule has 4 nitrogen and oxygen atoms in total. The number of thioether (sulfide) groups is 1. The molecule has 1 unspecified atom stereocenters. The number of methoxy groups -OCH3 is 1. The third-order valence-corrected chi connectivity index (χ3v) is 4.82. The van der Waals surface area contributed by atoms with Gasteiger partial charge in [0.2, 0.25) is 0 Å². The van der Waals surface area contributed by atoms with Crippen LogP contribution in [0, 0.1) is 0 Å². The van der Waals surface area contributed by atoms with E-state index in [2.05, 4.69) is 28.5 Å². The van der Waals surface area contributed by atoms with Crippen molar-refractivity contribution < 1.29 is 4.74 Å². The predicted octanol–water partition coefficient (Wildman–Crippen LogP) is 3.38. The maximum atomic E-state index is 5.47. The number of nitrogens with one attached hydrogen (secondary N) is 1. The maximum Gasteiger partial charge on any atom is 0.174 e. The van der Waals surface area contributed by atoms with Crippen molar-refractivity contribution in [2.75, 3.05) is 19.4 Å². The minimum atomic E-state index is 0.250. The van der Waals surface area contributed by atoms with Gasteiger partial charge in [-0.15, -0.1) is 10.2 Å². The van der Waals surface area contributed by atoms with Gasteiger partial charge < -0.3 is 10.1 Å². The van der Waals surface area contributed by atoms with Gasteiger partial charge in [0.15, 0.2) is 4.34 Å². The van der Waals surface area contributed by atoms with Gasteiger partial charge in [-0.05, 0) is 19.0 Å². The van der Waals surface area contributed by atoms with Crippen molar-refractivity contribution in [3.63, 3.8) is 0 Å². The lowest BCUT2D eigenvalue weighted by Crippen LogP contribution is -2.24. The second-order valence-corrected chi connectivity index (χ2v) is 6.36. The van der Waals surface area contributed by atoms with E-state index >= 15 is 0 Å². The molecule has 0 saturated heterocycles. The van der Waals surface area contributed by atoms with Gasteiger partial charge in [-0.25, -0.2) is 0 Å². The first-order chi connectivity index (χ1) is 9.85. The molecule has 0 saturated carbocycles. The summed E-state index contributed by atoms with van der Waals surface area (Å²) in [7, 11) is 1.72. The normalized spacial score (nSPS) is 12.3. The van der Waals surface area contributed by atoms with E-state index in [-0.39, 0.29) is 6.04 Å². The summed E-state index contributed by atoms with van der Waals surface area (Å²) in [6.07, 6.45) is 1.11. The summed E-state index contributed by atoms with van der Waals surface area (Å²) in [4.78, 5) is 0. The van der Waals surface area contributed by atoms with Crippen LogP contribution in [0.15, 0.2) is 34.1 Å². The van der Waals surface area contributed by atoms with Gasteiger partial charge in [0.25, 0.3) is 0 Å². The summed E-state index contributed by atoms with van der Waals surface area (Å²) in [6.45, 7) is 3.16. The van der Waals surface area contributed by atoms with Gasteiger partial charge in [-0.3, -0.25) is 0 Å². The Hall–Kier alpha value is -1.11. The number of ether oxygens (including phenoxy) is 1. The Morgan fingerprint density at radius 3 is 2.95 bits per heavy atom. The molecule has 1 atom stereocenters. The molecule has 2 rings (SSSR count). The molecule has 1 heterocycles. The number of hydrogen-bond donors (Lipinski definition) is 1. The maximum absolute atomic E-state index is 5.47. The summed E-state index contributed by atoms with van der Waals surface area (Å²) in [5, 5.41) is 11.5. The van der Waals surface area contributed by atoms with Crippen molar-refractivity contribution >= 4 is 23.1 Å². The van der Waals surface area contributed by atoms with E-state index in [0.29, 0.717) is 0 Å². The second kappa shape index (κ2) is 8.24. The van der Waals surface area contributed by atoms with Crippen LogP contribution in [0.3, 0.4) is 0 Å². The summed E-state index contributed by atoms with van der Waals surface area (Å²) < 4.78 is 6.47. The fraction of sp³-hybridized carbons (Fsp3) is 0.429. The molecular weight excluding hydrogens is 290 g/mol.